The second-order valence-electron chi connectivity index (χ2n) is 4.36. The molecule has 1 aliphatic heterocycles. The number of para-hydroxylation sites is 2. The summed E-state index contributed by atoms with van der Waals surface area (Å²) in [5.74, 6) is -0.525. The van der Waals surface area contributed by atoms with Gasteiger partial charge in [-0.05, 0) is 12.1 Å². The molecule has 1 aromatic rings. The number of hydrogen-bond donors (Lipinski definition) is 1. The van der Waals surface area contributed by atoms with Gasteiger partial charge >= 0.3 is 5.97 Å². The second kappa shape index (κ2) is 5.08. The van der Waals surface area contributed by atoms with Crippen molar-refractivity contribution >= 4 is 23.3 Å². The number of rotatable bonds is 2. The molecule has 0 saturated carbocycles. The molecule has 1 unspecified atom stereocenters. The molecule has 0 fully saturated rings. The van der Waals surface area contributed by atoms with Gasteiger partial charge in [-0.1, -0.05) is 19.1 Å². The van der Waals surface area contributed by atoms with Crippen LogP contribution in [0.4, 0.5) is 11.4 Å². The molecule has 18 heavy (non-hydrogen) atoms. The normalized spacial score (nSPS) is 18.7. The third kappa shape index (κ3) is 2.45. The number of carbonyl (C=O) groups is 2. The maximum atomic E-state index is 11.8. The van der Waals surface area contributed by atoms with Crippen molar-refractivity contribution in [2.75, 3.05) is 30.4 Å². The number of ether oxygens (including phenoxy) is 1. The molecule has 5 heteroatoms. The highest BCUT2D eigenvalue weighted by Gasteiger charge is 2.25. The molecule has 1 atom stereocenters. The van der Waals surface area contributed by atoms with E-state index in [1.165, 1.54) is 7.11 Å². The van der Waals surface area contributed by atoms with Crippen LogP contribution in [0.15, 0.2) is 24.3 Å². The molecular weight excluding hydrogens is 232 g/mol. The highest BCUT2D eigenvalue weighted by Crippen LogP contribution is 2.29. The Kier molecular flexibility index (Phi) is 3.50. The molecule has 96 valence electrons. The van der Waals surface area contributed by atoms with Gasteiger partial charge in [0.25, 0.3) is 0 Å². The first-order valence-electron chi connectivity index (χ1n) is 5.83. The summed E-state index contributed by atoms with van der Waals surface area (Å²) in [7, 11) is 1.36. The van der Waals surface area contributed by atoms with E-state index >= 15 is 0 Å². The molecular formula is C13H16N2O3. The second-order valence-corrected chi connectivity index (χ2v) is 4.36. The molecule has 0 aliphatic carbocycles. The van der Waals surface area contributed by atoms with Crippen LogP contribution in [-0.4, -0.2) is 32.1 Å². The third-order valence-electron chi connectivity index (χ3n) is 2.99. The van der Waals surface area contributed by atoms with E-state index in [4.69, 9.17) is 0 Å². The van der Waals surface area contributed by atoms with Gasteiger partial charge in [0.05, 0.1) is 24.4 Å². The number of esters is 1. The lowest BCUT2D eigenvalue weighted by molar-refractivity contribution is -0.139. The van der Waals surface area contributed by atoms with E-state index in [1.807, 2.05) is 36.1 Å². The predicted octanol–water partition coefficient (Wildman–Crippen LogP) is 1.25. The van der Waals surface area contributed by atoms with Crippen molar-refractivity contribution in [3.8, 4) is 0 Å². The fourth-order valence-electron chi connectivity index (χ4n) is 1.99. The number of anilines is 2. The van der Waals surface area contributed by atoms with Gasteiger partial charge in [0.2, 0.25) is 5.91 Å². The van der Waals surface area contributed by atoms with Gasteiger partial charge < -0.3 is 15.0 Å². The van der Waals surface area contributed by atoms with Crippen LogP contribution in [-0.2, 0) is 14.3 Å². The smallest absolute Gasteiger partial charge is 0.325 e. The summed E-state index contributed by atoms with van der Waals surface area (Å²) in [5.41, 5.74) is 1.58. The molecule has 0 radical (unpaired) electrons. The number of benzene rings is 1. The Balaban J connectivity index is 2.33. The zero-order chi connectivity index (χ0) is 13.1. The fourth-order valence-corrected chi connectivity index (χ4v) is 1.99. The molecule has 5 nitrogen and oxygen atoms in total. The lowest BCUT2D eigenvalue weighted by Crippen LogP contribution is -2.35. The van der Waals surface area contributed by atoms with Crippen molar-refractivity contribution in [3.05, 3.63) is 24.3 Å². The number of fused-ring (bicyclic) bond motifs is 1. The Morgan fingerprint density at radius 1 is 1.50 bits per heavy atom. The van der Waals surface area contributed by atoms with Crippen LogP contribution in [0.25, 0.3) is 0 Å². The highest BCUT2D eigenvalue weighted by molar-refractivity contribution is 5.98. The van der Waals surface area contributed by atoms with E-state index in [0.29, 0.717) is 6.54 Å². The molecule has 1 amide bonds. The minimum Gasteiger partial charge on any atom is -0.468 e. The quantitative estimate of drug-likeness (QED) is 0.800. The Labute approximate surface area is 106 Å². The van der Waals surface area contributed by atoms with Gasteiger partial charge in [0.1, 0.15) is 6.54 Å². The summed E-state index contributed by atoms with van der Waals surface area (Å²) in [6, 6.07) is 7.45. The number of nitrogens with zero attached hydrogens (tertiary/aromatic N) is 1. The first-order chi connectivity index (χ1) is 8.61. The minimum atomic E-state index is -0.314. The molecule has 2 rings (SSSR count). The molecule has 0 spiro atoms. The number of nitrogens with one attached hydrogen (secondary N) is 1. The van der Waals surface area contributed by atoms with Gasteiger partial charge in [0.15, 0.2) is 0 Å². The molecule has 1 heterocycles. The van der Waals surface area contributed by atoms with Crippen LogP contribution in [0.3, 0.4) is 0 Å². The molecule has 0 bridgehead atoms. The van der Waals surface area contributed by atoms with E-state index in [9.17, 15) is 9.59 Å². The predicted molar refractivity (Wildman–Crippen MR) is 68.5 cm³/mol. The van der Waals surface area contributed by atoms with Crippen LogP contribution in [0.2, 0.25) is 0 Å². The topological polar surface area (TPSA) is 58.6 Å². The maximum absolute atomic E-state index is 11.8. The largest absolute Gasteiger partial charge is 0.468 e. The van der Waals surface area contributed by atoms with Crippen LogP contribution in [0.5, 0.6) is 0 Å². The Hall–Kier alpha value is -2.04. The standard InChI is InChI=1S/C13H16N2O3/c1-9-7-15(8-12(16)18-2)11-6-4-3-5-10(11)14-13(9)17/h3-6,9H,7-8H2,1-2H3,(H,14,17). The van der Waals surface area contributed by atoms with E-state index in [-0.39, 0.29) is 24.3 Å². The summed E-state index contributed by atoms with van der Waals surface area (Å²) < 4.78 is 4.68. The molecule has 0 aromatic heterocycles. The average molecular weight is 248 g/mol. The van der Waals surface area contributed by atoms with Gasteiger partial charge in [-0.25, -0.2) is 0 Å². The van der Waals surface area contributed by atoms with Gasteiger partial charge in [-0.2, -0.15) is 0 Å². The summed E-state index contributed by atoms with van der Waals surface area (Å²) >= 11 is 0. The Bertz CT molecular complexity index is 473. The van der Waals surface area contributed by atoms with Crippen molar-refractivity contribution in [1.82, 2.24) is 0 Å². The van der Waals surface area contributed by atoms with Crippen molar-refractivity contribution in [1.29, 1.82) is 0 Å². The summed E-state index contributed by atoms with van der Waals surface area (Å²) in [6.45, 7) is 2.48. The van der Waals surface area contributed by atoms with E-state index in [2.05, 4.69) is 10.1 Å². The van der Waals surface area contributed by atoms with Gasteiger partial charge in [-0.15, -0.1) is 0 Å². The van der Waals surface area contributed by atoms with Crippen LogP contribution in [0.1, 0.15) is 6.92 Å². The minimum absolute atomic E-state index is 0.0326. The van der Waals surface area contributed by atoms with Gasteiger partial charge in [0, 0.05) is 6.54 Å². The van der Waals surface area contributed by atoms with Gasteiger partial charge in [-0.3, -0.25) is 9.59 Å². The Morgan fingerprint density at radius 2 is 2.22 bits per heavy atom. The first-order valence-corrected chi connectivity index (χ1v) is 5.83. The monoisotopic (exact) mass is 248 g/mol. The number of carbonyl (C=O) groups excluding carboxylic acids is 2. The van der Waals surface area contributed by atoms with Crippen LogP contribution < -0.4 is 10.2 Å². The number of methoxy groups -OCH3 is 1. The maximum Gasteiger partial charge on any atom is 0.325 e. The van der Waals surface area contributed by atoms with Crippen LogP contribution >= 0.6 is 0 Å². The summed E-state index contributed by atoms with van der Waals surface area (Å²) in [5, 5.41) is 2.86. The van der Waals surface area contributed by atoms with E-state index < -0.39 is 0 Å². The first kappa shape index (κ1) is 12.4. The number of amides is 1. The van der Waals surface area contributed by atoms with Crippen molar-refractivity contribution in [2.24, 2.45) is 5.92 Å². The van der Waals surface area contributed by atoms with E-state index in [0.717, 1.165) is 11.4 Å². The zero-order valence-electron chi connectivity index (χ0n) is 10.5. The van der Waals surface area contributed by atoms with E-state index in [1.54, 1.807) is 0 Å². The zero-order valence-corrected chi connectivity index (χ0v) is 10.5. The highest BCUT2D eigenvalue weighted by atomic mass is 16.5. The fraction of sp³-hybridized carbons (Fsp3) is 0.385. The number of hydrogen-bond acceptors (Lipinski definition) is 4. The lowest BCUT2D eigenvalue weighted by Gasteiger charge is -2.24. The molecule has 1 aromatic carbocycles. The van der Waals surface area contributed by atoms with Crippen molar-refractivity contribution < 1.29 is 14.3 Å². The van der Waals surface area contributed by atoms with Crippen molar-refractivity contribution in [3.63, 3.8) is 0 Å². The van der Waals surface area contributed by atoms with Crippen LogP contribution in [0, 0.1) is 5.92 Å². The molecule has 1 N–H and O–H groups in total. The average Bonchev–Trinajstić information content (AvgIpc) is 2.48. The summed E-state index contributed by atoms with van der Waals surface area (Å²) in [4.78, 5) is 25.1. The third-order valence-corrected chi connectivity index (χ3v) is 2.99. The Morgan fingerprint density at radius 3 is 2.94 bits per heavy atom. The molecule has 1 aliphatic rings. The SMILES string of the molecule is COC(=O)CN1CC(C)C(=O)Nc2ccccc21. The lowest BCUT2D eigenvalue weighted by atomic mass is 10.1. The summed E-state index contributed by atoms with van der Waals surface area (Å²) in [6.07, 6.45) is 0. The van der Waals surface area contributed by atoms with Crippen molar-refractivity contribution in [2.45, 2.75) is 6.92 Å². The molecule has 0 saturated heterocycles.